The summed E-state index contributed by atoms with van der Waals surface area (Å²) >= 11 is 5.49. The first kappa shape index (κ1) is 30.8. The zero-order valence-electron chi connectivity index (χ0n) is 21.8. The van der Waals surface area contributed by atoms with Gasteiger partial charge in [0.2, 0.25) is 0 Å². The van der Waals surface area contributed by atoms with Gasteiger partial charge in [-0.05, 0) is 52.0 Å². The maximum Gasteiger partial charge on any atom is 0.408 e. The predicted molar refractivity (Wildman–Crippen MR) is 139 cm³/mol. The van der Waals surface area contributed by atoms with Crippen LogP contribution in [0.1, 0.15) is 70.4 Å². The predicted octanol–water partition coefficient (Wildman–Crippen LogP) is 3.97. The minimum absolute atomic E-state index is 0.0424. The van der Waals surface area contributed by atoms with Crippen LogP contribution in [0.4, 0.5) is 27.8 Å². The fraction of sp³-hybridized carbons (Fsp3) is 0.640. The second-order valence-corrected chi connectivity index (χ2v) is 10.3. The van der Waals surface area contributed by atoms with Crippen LogP contribution in [0.5, 0.6) is 0 Å². The monoisotopic (exact) mass is 577 g/mol. The van der Waals surface area contributed by atoms with E-state index in [4.69, 9.17) is 12.2 Å². The van der Waals surface area contributed by atoms with Gasteiger partial charge in [-0.15, -0.1) is 0 Å². The molecule has 3 rings (SSSR count). The first-order valence-corrected chi connectivity index (χ1v) is 13.1. The summed E-state index contributed by atoms with van der Waals surface area (Å²) in [6.07, 6.45) is -4.07. The van der Waals surface area contributed by atoms with Crippen LogP contribution < -0.4 is 10.6 Å². The van der Waals surface area contributed by atoms with Gasteiger partial charge >= 0.3 is 6.18 Å². The van der Waals surface area contributed by atoms with E-state index in [9.17, 15) is 36.6 Å². The number of aliphatic imine (C=N–C) groups is 1. The normalized spacial score (nSPS) is 21.6. The number of amides is 2. The second-order valence-electron chi connectivity index (χ2n) is 9.85. The van der Waals surface area contributed by atoms with Gasteiger partial charge in [0.1, 0.15) is 11.9 Å². The Morgan fingerprint density at radius 3 is 2.31 bits per heavy atom. The average molecular weight is 578 g/mol. The number of aliphatic hydroxyl groups is 1. The molecule has 14 heteroatoms. The number of pyridine rings is 1. The number of aliphatic hydroxyl groups excluding tert-OH is 1. The van der Waals surface area contributed by atoms with E-state index in [-0.39, 0.29) is 41.3 Å². The third-order valence-electron chi connectivity index (χ3n) is 7.05. The van der Waals surface area contributed by atoms with Crippen LogP contribution in [0.2, 0.25) is 0 Å². The average Bonchev–Trinajstić information content (AvgIpc) is 3.49. The van der Waals surface area contributed by atoms with Gasteiger partial charge in [0.15, 0.2) is 6.04 Å². The number of thiocarbonyl (C=S) groups is 1. The molecule has 1 unspecified atom stereocenters. The first-order valence-electron chi connectivity index (χ1n) is 12.7. The first-order chi connectivity index (χ1) is 18.3. The zero-order valence-corrected chi connectivity index (χ0v) is 22.6. The minimum Gasteiger partial charge on any atom is -0.394 e. The van der Waals surface area contributed by atoms with Crippen molar-refractivity contribution in [2.45, 2.75) is 95.7 Å². The summed E-state index contributed by atoms with van der Waals surface area (Å²) in [4.78, 5) is 35.8. The highest BCUT2D eigenvalue weighted by Gasteiger charge is 2.45. The maximum absolute atomic E-state index is 14.1. The molecule has 0 spiro atoms. The number of nitrogens with zero attached hydrogens (tertiary/aromatic N) is 3. The fourth-order valence-electron chi connectivity index (χ4n) is 4.94. The van der Waals surface area contributed by atoms with Crippen molar-refractivity contribution in [1.82, 2.24) is 15.2 Å². The summed E-state index contributed by atoms with van der Waals surface area (Å²) in [5.41, 5.74) is -1.16. The number of carbonyl (C=O) groups excluding carboxylic acids is 2. The van der Waals surface area contributed by atoms with E-state index in [0.717, 1.165) is 37.9 Å². The van der Waals surface area contributed by atoms with Gasteiger partial charge in [0, 0.05) is 35.4 Å². The SMILES string of the molecule is CC[C@H](Nc1cc(C(F)F)c(C(=S)C(/N=C(\C)C(=O)N[C@H](C)CO)C(=O)N2C3CCC2CC3)cn1)C(F)(F)F. The molecule has 2 aliphatic rings. The van der Waals surface area contributed by atoms with E-state index in [0.29, 0.717) is 0 Å². The highest BCUT2D eigenvalue weighted by molar-refractivity contribution is 7.81. The number of fused-ring (bicyclic) bond motifs is 2. The summed E-state index contributed by atoms with van der Waals surface area (Å²) in [5.74, 6) is -1.62. The minimum atomic E-state index is -4.62. The molecule has 3 heterocycles. The number of alkyl halides is 5. The van der Waals surface area contributed by atoms with Crippen LogP contribution >= 0.6 is 12.2 Å². The standard InChI is InChI=1S/C25H32F5N5O3S/c1-4-18(25(28,29)30)34-19-9-16(22(26)27)17(10-31-19)21(39)20(33-13(3)23(37)32-12(2)11-36)24(38)35-14-5-6-15(35)8-7-14/h9-10,12,14-15,18,20,22,36H,4-8,11H2,1-3H3,(H,31,34)(H,32,37)/b33-13+/t12-,14?,15?,18+,20?/m1/s1. The van der Waals surface area contributed by atoms with E-state index in [2.05, 4.69) is 20.6 Å². The number of nitrogens with one attached hydrogen (secondary N) is 2. The third kappa shape index (κ3) is 7.07. The molecular formula is C25H32F5N5O3S. The Kier molecular flexibility index (Phi) is 9.97. The van der Waals surface area contributed by atoms with Crippen molar-refractivity contribution in [3.05, 3.63) is 23.4 Å². The quantitative estimate of drug-likeness (QED) is 0.159. The summed E-state index contributed by atoms with van der Waals surface area (Å²) < 4.78 is 67.9. The lowest BCUT2D eigenvalue weighted by Crippen LogP contribution is -2.46. The molecule has 2 bridgehead atoms. The molecule has 216 valence electrons. The molecule has 0 saturated carbocycles. The number of halogens is 5. The van der Waals surface area contributed by atoms with Crippen LogP contribution in [0.25, 0.3) is 0 Å². The Labute approximate surface area is 228 Å². The van der Waals surface area contributed by atoms with Crippen molar-refractivity contribution in [2.75, 3.05) is 11.9 Å². The second kappa shape index (κ2) is 12.6. The zero-order chi connectivity index (χ0) is 29.1. The van der Waals surface area contributed by atoms with Crippen LogP contribution in [0.3, 0.4) is 0 Å². The largest absolute Gasteiger partial charge is 0.408 e. The number of carbonyl (C=O) groups is 2. The highest BCUT2D eigenvalue weighted by Crippen LogP contribution is 2.38. The molecule has 3 atom stereocenters. The van der Waals surface area contributed by atoms with Gasteiger partial charge in [0.25, 0.3) is 18.2 Å². The summed E-state index contributed by atoms with van der Waals surface area (Å²) in [7, 11) is 0. The van der Waals surface area contributed by atoms with E-state index in [1.807, 2.05) is 0 Å². The Hall–Kier alpha value is -2.74. The molecule has 0 aromatic carbocycles. The molecule has 1 aromatic heterocycles. The lowest BCUT2D eigenvalue weighted by Gasteiger charge is -2.27. The van der Waals surface area contributed by atoms with Crippen molar-refractivity contribution >= 4 is 40.4 Å². The number of hydrogen-bond donors (Lipinski definition) is 3. The highest BCUT2D eigenvalue weighted by atomic mass is 32.1. The van der Waals surface area contributed by atoms with Gasteiger partial charge in [-0.1, -0.05) is 19.1 Å². The van der Waals surface area contributed by atoms with Crippen LogP contribution in [-0.4, -0.2) is 80.4 Å². The lowest BCUT2D eigenvalue weighted by molar-refractivity contribution is -0.143. The molecule has 1 aromatic rings. The molecule has 2 fully saturated rings. The third-order valence-corrected chi connectivity index (χ3v) is 7.50. The molecule has 8 nitrogen and oxygen atoms in total. The molecule has 2 aliphatic heterocycles. The molecule has 3 N–H and O–H groups in total. The van der Waals surface area contributed by atoms with Gasteiger partial charge in [-0.3, -0.25) is 14.6 Å². The Morgan fingerprint density at radius 1 is 1.23 bits per heavy atom. The Morgan fingerprint density at radius 2 is 1.82 bits per heavy atom. The molecule has 0 aliphatic carbocycles. The van der Waals surface area contributed by atoms with E-state index in [1.54, 1.807) is 11.8 Å². The molecule has 2 amide bonds. The van der Waals surface area contributed by atoms with Crippen LogP contribution in [0, 0.1) is 0 Å². The number of aromatic nitrogens is 1. The van der Waals surface area contributed by atoms with Gasteiger partial charge in [-0.2, -0.15) is 13.2 Å². The number of rotatable bonds is 11. The molecule has 39 heavy (non-hydrogen) atoms. The fourth-order valence-corrected chi connectivity index (χ4v) is 5.27. The molecule has 2 saturated heterocycles. The van der Waals surface area contributed by atoms with E-state index < -0.39 is 53.9 Å². The summed E-state index contributed by atoms with van der Waals surface area (Å²) in [5, 5.41) is 13.9. The maximum atomic E-state index is 14.1. The van der Waals surface area contributed by atoms with Crippen molar-refractivity contribution in [3.63, 3.8) is 0 Å². The van der Waals surface area contributed by atoms with Gasteiger partial charge in [0.05, 0.1) is 17.2 Å². The lowest BCUT2D eigenvalue weighted by atomic mass is 10.0. The van der Waals surface area contributed by atoms with Gasteiger partial charge < -0.3 is 20.6 Å². The van der Waals surface area contributed by atoms with Crippen molar-refractivity contribution < 1.29 is 36.6 Å². The Balaban J connectivity index is 2.00. The molecule has 0 radical (unpaired) electrons. The summed E-state index contributed by atoms with van der Waals surface area (Å²) in [6, 6.07) is -3.41. The van der Waals surface area contributed by atoms with Crippen LogP contribution in [-0.2, 0) is 9.59 Å². The van der Waals surface area contributed by atoms with E-state index >= 15 is 0 Å². The topological polar surface area (TPSA) is 107 Å². The Bertz CT molecular complexity index is 1100. The van der Waals surface area contributed by atoms with Gasteiger partial charge in [-0.25, -0.2) is 13.8 Å². The smallest absolute Gasteiger partial charge is 0.394 e. The summed E-state index contributed by atoms with van der Waals surface area (Å²) in [6.45, 7) is 3.84. The van der Waals surface area contributed by atoms with Crippen molar-refractivity contribution in [1.29, 1.82) is 0 Å². The molecular weight excluding hydrogens is 545 g/mol. The van der Waals surface area contributed by atoms with Crippen molar-refractivity contribution in [2.24, 2.45) is 4.99 Å². The van der Waals surface area contributed by atoms with E-state index in [1.165, 1.54) is 13.8 Å². The number of hydrogen-bond acceptors (Lipinski definition) is 7. The van der Waals surface area contributed by atoms with Crippen LogP contribution in [0.15, 0.2) is 17.3 Å². The number of anilines is 1. The van der Waals surface area contributed by atoms with Crippen molar-refractivity contribution in [3.8, 4) is 0 Å².